The molecule has 6 rings (SSSR count). The van der Waals surface area contributed by atoms with Crippen LogP contribution in [0.1, 0.15) is 75.2 Å². The predicted octanol–water partition coefficient (Wildman–Crippen LogP) is 4.07. The average Bonchev–Trinajstić information content (AvgIpc) is 3.72. The summed E-state index contributed by atoms with van der Waals surface area (Å²) in [7, 11) is 0. The molecule has 2 N–H and O–H groups in total. The van der Waals surface area contributed by atoms with E-state index >= 15 is 0 Å². The molecule has 0 spiro atoms. The molecule has 45 heavy (non-hydrogen) atoms. The van der Waals surface area contributed by atoms with Crippen LogP contribution in [0.25, 0.3) is 28.3 Å². The Labute approximate surface area is 303 Å². The SMILES string of the molecule is CCCc1c(Cc2ccc(-c3ccccc3-c3noc(=O)[nH]3)cc2)c(=O)n([C@H]2CC[C@H](OCC(O)CC)CC2)c2ncnn12.[KH]. The maximum absolute atomic E-state index is 14.3. The number of benzene rings is 2. The molecular weight excluding hydrogens is 599 g/mol. The van der Waals surface area contributed by atoms with E-state index < -0.39 is 11.9 Å². The van der Waals surface area contributed by atoms with Crippen LogP contribution in [0.15, 0.2) is 69.0 Å². The van der Waals surface area contributed by atoms with E-state index in [2.05, 4.69) is 27.1 Å². The Morgan fingerprint density at radius 1 is 1.04 bits per heavy atom. The van der Waals surface area contributed by atoms with Crippen LogP contribution in [0.4, 0.5) is 0 Å². The number of nitrogens with one attached hydrogen (secondary N) is 1. The van der Waals surface area contributed by atoms with E-state index in [0.29, 0.717) is 37.5 Å². The first kappa shape index (κ1) is 33.6. The van der Waals surface area contributed by atoms with E-state index in [1.54, 1.807) is 0 Å². The van der Waals surface area contributed by atoms with Crippen molar-refractivity contribution in [3.63, 3.8) is 0 Å². The predicted molar refractivity (Wildman–Crippen MR) is 173 cm³/mol. The number of aromatic nitrogens is 6. The third kappa shape index (κ3) is 7.32. The molecule has 0 saturated heterocycles. The van der Waals surface area contributed by atoms with Gasteiger partial charge in [0.15, 0.2) is 5.82 Å². The van der Waals surface area contributed by atoms with Gasteiger partial charge in [-0.15, -0.1) is 0 Å². The van der Waals surface area contributed by atoms with Crippen molar-refractivity contribution < 1.29 is 14.4 Å². The molecule has 1 aliphatic rings. The molecule has 12 heteroatoms. The number of aromatic amines is 1. The topological polar surface area (TPSA) is 141 Å². The molecule has 5 aromatic rings. The van der Waals surface area contributed by atoms with Gasteiger partial charge >= 0.3 is 57.1 Å². The van der Waals surface area contributed by atoms with Crippen LogP contribution in [-0.2, 0) is 17.6 Å². The summed E-state index contributed by atoms with van der Waals surface area (Å²) in [6.07, 6.45) is 7.15. The van der Waals surface area contributed by atoms with Gasteiger partial charge in [0.25, 0.3) is 5.56 Å². The molecule has 11 nitrogen and oxygen atoms in total. The molecule has 2 aromatic carbocycles. The maximum atomic E-state index is 14.3. The van der Waals surface area contributed by atoms with Crippen LogP contribution in [-0.4, -0.2) is 105 Å². The number of rotatable bonds is 11. The fourth-order valence-corrected chi connectivity index (χ4v) is 6.21. The quantitative estimate of drug-likeness (QED) is 0.207. The molecule has 0 bridgehead atoms. The summed E-state index contributed by atoms with van der Waals surface area (Å²) in [5.74, 6) is 0.363. The molecule has 1 atom stereocenters. The van der Waals surface area contributed by atoms with Gasteiger partial charge in [0.1, 0.15) is 6.33 Å². The third-order valence-corrected chi connectivity index (χ3v) is 8.59. The Morgan fingerprint density at radius 2 is 1.78 bits per heavy atom. The first-order valence-corrected chi connectivity index (χ1v) is 15.5. The fraction of sp³-hybridized carbons (Fsp3) is 0.424. The summed E-state index contributed by atoms with van der Waals surface area (Å²) >= 11 is 0. The van der Waals surface area contributed by atoms with E-state index in [9.17, 15) is 14.7 Å². The van der Waals surface area contributed by atoms with Gasteiger partial charge in [-0.05, 0) is 55.2 Å². The van der Waals surface area contributed by atoms with Crippen LogP contribution >= 0.6 is 0 Å². The molecule has 0 amide bonds. The van der Waals surface area contributed by atoms with Crippen LogP contribution < -0.4 is 11.3 Å². The van der Waals surface area contributed by atoms with Gasteiger partial charge in [-0.25, -0.2) is 9.31 Å². The van der Waals surface area contributed by atoms with Gasteiger partial charge in [0.2, 0.25) is 5.78 Å². The Balaban J connectivity index is 0.00000400. The number of H-pyrrole nitrogens is 1. The number of nitrogens with zero attached hydrogens (tertiary/aromatic N) is 5. The van der Waals surface area contributed by atoms with E-state index in [4.69, 9.17) is 9.26 Å². The second-order valence-corrected chi connectivity index (χ2v) is 11.5. The zero-order valence-electron chi connectivity index (χ0n) is 25.1. The summed E-state index contributed by atoms with van der Waals surface area (Å²) in [6.45, 7) is 4.39. The molecule has 232 valence electrons. The van der Waals surface area contributed by atoms with E-state index in [1.165, 1.54) is 6.33 Å². The number of hydrogen-bond donors (Lipinski definition) is 2. The summed E-state index contributed by atoms with van der Waals surface area (Å²) < 4.78 is 14.4. The molecule has 1 unspecified atom stereocenters. The van der Waals surface area contributed by atoms with Crippen molar-refractivity contribution in [3.05, 3.63) is 92.6 Å². The van der Waals surface area contributed by atoms with Crippen LogP contribution in [0.3, 0.4) is 0 Å². The van der Waals surface area contributed by atoms with Crippen LogP contribution in [0, 0.1) is 0 Å². The Hall–Kier alpha value is -2.71. The summed E-state index contributed by atoms with van der Waals surface area (Å²) in [5, 5.41) is 18.3. The van der Waals surface area contributed by atoms with Crippen molar-refractivity contribution in [3.8, 4) is 22.5 Å². The number of ether oxygens (including phenoxy) is 1. The minimum absolute atomic E-state index is 0. The number of aryl methyl sites for hydroxylation is 1. The van der Waals surface area contributed by atoms with Gasteiger partial charge in [0, 0.05) is 23.6 Å². The Morgan fingerprint density at radius 3 is 2.44 bits per heavy atom. The van der Waals surface area contributed by atoms with E-state index in [1.807, 2.05) is 64.5 Å². The summed E-state index contributed by atoms with van der Waals surface area (Å²) in [6, 6.07) is 15.8. The van der Waals surface area contributed by atoms with Crippen molar-refractivity contribution in [1.82, 2.24) is 29.3 Å². The minimum atomic E-state index is -0.601. The van der Waals surface area contributed by atoms with E-state index in [0.717, 1.165) is 65.6 Å². The second-order valence-electron chi connectivity index (χ2n) is 11.5. The molecule has 0 radical (unpaired) electrons. The van der Waals surface area contributed by atoms with E-state index in [-0.39, 0.29) is 69.1 Å². The van der Waals surface area contributed by atoms with Crippen molar-refractivity contribution in [2.75, 3.05) is 6.61 Å². The molecule has 1 aliphatic carbocycles. The average molecular weight is 639 g/mol. The van der Waals surface area contributed by atoms with Gasteiger partial charge in [-0.3, -0.25) is 18.9 Å². The molecule has 0 aliphatic heterocycles. The van der Waals surface area contributed by atoms with Gasteiger partial charge < -0.3 is 9.84 Å². The van der Waals surface area contributed by atoms with Crippen molar-refractivity contribution >= 4 is 57.2 Å². The monoisotopic (exact) mass is 638 g/mol. The third-order valence-electron chi connectivity index (χ3n) is 8.59. The second kappa shape index (κ2) is 15.3. The Bertz CT molecular complexity index is 1830. The van der Waals surface area contributed by atoms with Gasteiger partial charge in [0.05, 0.1) is 24.5 Å². The number of aliphatic hydroxyl groups is 1. The number of fused-ring (bicyclic) bond motifs is 1. The molecule has 1 saturated carbocycles. The number of hydrogen-bond acceptors (Lipinski definition) is 8. The van der Waals surface area contributed by atoms with Gasteiger partial charge in [-0.2, -0.15) is 10.1 Å². The summed E-state index contributed by atoms with van der Waals surface area (Å²) in [5.41, 5.74) is 5.26. The van der Waals surface area contributed by atoms with Crippen molar-refractivity contribution in [2.45, 2.75) is 83.5 Å². The molecular formula is C33H39KN6O5. The van der Waals surface area contributed by atoms with Gasteiger partial charge in [-0.1, -0.05) is 74.0 Å². The fourth-order valence-electron chi connectivity index (χ4n) is 6.21. The van der Waals surface area contributed by atoms with Crippen LogP contribution in [0.2, 0.25) is 0 Å². The molecule has 3 heterocycles. The zero-order valence-corrected chi connectivity index (χ0v) is 25.1. The molecule has 1 fully saturated rings. The zero-order chi connectivity index (χ0) is 30.6. The first-order chi connectivity index (χ1) is 21.5. The Kier molecular flexibility index (Phi) is 11.4. The molecule has 3 aromatic heterocycles. The normalized spacial score (nSPS) is 17.3. The standard InChI is InChI=1S/C33H38N6O5.K.H/c1-3-7-29-28(18-21-10-12-22(13-11-21)26-8-5-6-9-27(26)30-36-33(42)44-37-30)31(41)38(32-34-20-35-39(29)32)23-14-16-25(17-15-23)43-19-24(40)4-2;;/h5-6,8-13,20,23-25,40H,3-4,7,14-19H2,1-2H3,(H,36,37,42);;/t23-,24?,25-;;. The van der Waals surface area contributed by atoms with Crippen molar-refractivity contribution in [2.24, 2.45) is 0 Å². The van der Waals surface area contributed by atoms with Crippen molar-refractivity contribution in [1.29, 1.82) is 0 Å². The summed E-state index contributed by atoms with van der Waals surface area (Å²) in [4.78, 5) is 33.0. The first-order valence-electron chi connectivity index (χ1n) is 15.5. The van der Waals surface area contributed by atoms with Crippen LogP contribution in [0.5, 0.6) is 0 Å². The number of aliphatic hydroxyl groups excluding tert-OH is 1.